The monoisotopic (exact) mass is 402 g/mol. The molecule has 3 rings (SSSR count). The fraction of sp³-hybridized carbons (Fsp3) is 0.476. The molecule has 1 atom stereocenters. The Morgan fingerprint density at radius 1 is 1.14 bits per heavy atom. The molecule has 1 saturated carbocycles. The van der Waals surface area contributed by atoms with Gasteiger partial charge >= 0.3 is 5.69 Å². The Morgan fingerprint density at radius 2 is 1.72 bits per heavy atom. The maximum atomic E-state index is 13.3. The maximum absolute atomic E-state index is 13.3. The smallest absolute Gasteiger partial charge is 0.332 e. The minimum absolute atomic E-state index is 0.0313. The lowest BCUT2D eigenvalue weighted by Crippen LogP contribution is -2.43. The Kier molecular flexibility index (Phi) is 6.20. The molecule has 1 fully saturated rings. The number of carbonyl (C=O) groups is 1. The number of nitrogens with two attached hydrogens (primary N) is 1. The van der Waals surface area contributed by atoms with E-state index in [-0.39, 0.29) is 35.7 Å². The third kappa shape index (κ3) is 4.26. The van der Waals surface area contributed by atoms with Crippen LogP contribution in [0.4, 0.5) is 15.9 Å². The summed E-state index contributed by atoms with van der Waals surface area (Å²) >= 11 is 0. The Labute approximate surface area is 168 Å². The molecule has 1 aromatic heterocycles. The van der Waals surface area contributed by atoms with Crippen molar-refractivity contribution in [3.05, 3.63) is 56.5 Å². The van der Waals surface area contributed by atoms with Crippen LogP contribution in [0, 0.1) is 11.7 Å². The first-order valence-electron chi connectivity index (χ1n) is 10.1. The first kappa shape index (κ1) is 20.8. The molecule has 0 bridgehead atoms. The zero-order valence-electron chi connectivity index (χ0n) is 16.8. The lowest BCUT2D eigenvalue weighted by atomic mass is 9.93. The van der Waals surface area contributed by atoms with Gasteiger partial charge in [0.2, 0.25) is 5.91 Å². The van der Waals surface area contributed by atoms with Crippen LogP contribution in [0.1, 0.15) is 51.0 Å². The number of nitrogens with one attached hydrogen (secondary N) is 1. The molecule has 1 aliphatic rings. The minimum Gasteiger partial charge on any atom is -0.383 e. The highest BCUT2D eigenvalue weighted by Gasteiger charge is 2.38. The van der Waals surface area contributed by atoms with Crippen molar-refractivity contribution in [1.29, 1.82) is 0 Å². The summed E-state index contributed by atoms with van der Waals surface area (Å²) in [5.41, 5.74) is 5.69. The van der Waals surface area contributed by atoms with Crippen molar-refractivity contribution in [1.82, 2.24) is 9.13 Å². The van der Waals surface area contributed by atoms with Crippen molar-refractivity contribution in [2.75, 3.05) is 11.1 Å². The molecule has 0 radical (unpaired) electrons. The molecule has 1 amide bonds. The lowest BCUT2D eigenvalue weighted by molar-refractivity contribution is -0.118. The molecule has 8 heteroatoms. The molecule has 0 saturated heterocycles. The van der Waals surface area contributed by atoms with E-state index in [1.165, 1.54) is 16.7 Å². The fourth-order valence-electron chi connectivity index (χ4n) is 3.63. The van der Waals surface area contributed by atoms with Gasteiger partial charge in [-0.2, -0.15) is 0 Å². The molecule has 1 aliphatic carbocycles. The predicted molar refractivity (Wildman–Crippen MR) is 110 cm³/mol. The van der Waals surface area contributed by atoms with Crippen LogP contribution in [0.3, 0.4) is 0 Å². The Hall–Kier alpha value is -2.90. The molecular weight excluding hydrogens is 375 g/mol. The largest absolute Gasteiger partial charge is 0.383 e. The van der Waals surface area contributed by atoms with Crippen LogP contribution in [0.25, 0.3) is 0 Å². The maximum Gasteiger partial charge on any atom is 0.332 e. The normalized spacial score (nSPS) is 14.6. The number of hydrogen-bond donors (Lipinski definition) is 2. The van der Waals surface area contributed by atoms with E-state index < -0.39 is 17.2 Å². The van der Waals surface area contributed by atoms with Crippen LogP contribution < -0.4 is 22.3 Å². The summed E-state index contributed by atoms with van der Waals surface area (Å²) in [6.45, 7) is 4.36. The molecule has 0 spiro atoms. The van der Waals surface area contributed by atoms with Gasteiger partial charge in [-0.1, -0.05) is 26.0 Å². The summed E-state index contributed by atoms with van der Waals surface area (Å²) in [6, 6.07) is 5.83. The van der Waals surface area contributed by atoms with E-state index in [4.69, 9.17) is 5.73 Å². The number of hydrogen-bond acceptors (Lipinski definition) is 4. The second kappa shape index (κ2) is 8.63. The van der Waals surface area contributed by atoms with Crippen molar-refractivity contribution in [2.45, 2.75) is 58.5 Å². The van der Waals surface area contributed by atoms with Crippen LogP contribution in [0.5, 0.6) is 0 Å². The summed E-state index contributed by atoms with van der Waals surface area (Å²) in [7, 11) is 0. The quantitative estimate of drug-likeness (QED) is 0.709. The number of aromatic nitrogens is 2. The SMILES string of the molecule is CCCn1c(N)c(NC(=O)[C@H](c2ccc(F)cc2)C2CC2)c(=O)n(CCC)c1=O. The molecule has 29 heavy (non-hydrogen) atoms. The molecular formula is C21H27FN4O3. The Balaban J connectivity index is 2.01. The number of amides is 1. The topological polar surface area (TPSA) is 99.1 Å². The third-order valence-electron chi connectivity index (χ3n) is 5.22. The van der Waals surface area contributed by atoms with Gasteiger partial charge in [0.15, 0.2) is 0 Å². The minimum atomic E-state index is -0.594. The molecule has 3 N–H and O–H groups in total. The molecule has 1 aromatic carbocycles. The highest BCUT2D eigenvalue weighted by atomic mass is 19.1. The Morgan fingerprint density at radius 3 is 2.28 bits per heavy atom. The number of nitrogen functional groups attached to an aromatic ring is 1. The van der Waals surface area contributed by atoms with E-state index in [0.717, 1.165) is 17.4 Å². The number of benzene rings is 1. The fourth-order valence-corrected chi connectivity index (χ4v) is 3.63. The van der Waals surface area contributed by atoms with Gasteiger partial charge in [0, 0.05) is 13.1 Å². The molecule has 2 aromatic rings. The van der Waals surface area contributed by atoms with Crippen molar-refractivity contribution in [3.63, 3.8) is 0 Å². The second-order valence-electron chi connectivity index (χ2n) is 7.51. The van der Waals surface area contributed by atoms with Gasteiger partial charge in [-0.15, -0.1) is 0 Å². The van der Waals surface area contributed by atoms with Crippen molar-refractivity contribution >= 4 is 17.4 Å². The van der Waals surface area contributed by atoms with Crippen molar-refractivity contribution in [2.24, 2.45) is 5.92 Å². The van der Waals surface area contributed by atoms with Crippen LogP contribution in [0.2, 0.25) is 0 Å². The highest BCUT2D eigenvalue weighted by Crippen LogP contribution is 2.43. The van der Waals surface area contributed by atoms with Crippen molar-refractivity contribution in [3.8, 4) is 0 Å². The number of nitrogens with zero attached hydrogens (tertiary/aromatic N) is 2. The zero-order valence-corrected chi connectivity index (χ0v) is 16.8. The second-order valence-corrected chi connectivity index (χ2v) is 7.51. The summed E-state index contributed by atoms with van der Waals surface area (Å²) in [5, 5.41) is 2.69. The van der Waals surface area contributed by atoms with Crippen LogP contribution >= 0.6 is 0 Å². The van der Waals surface area contributed by atoms with Gasteiger partial charge < -0.3 is 11.1 Å². The van der Waals surface area contributed by atoms with Gasteiger partial charge in [-0.05, 0) is 49.3 Å². The van der Waals surface area contributed by atoms with Gasteiger partial charge in [0.05, 0.1) is 5.92 Å². The van der Waals surface area contributed by atoms with E-state index in [9.17, 15) is 18.8 Å². The number of anilines is 2. The molecule has 0 aliphatic heterocycles. The molecule has 7 nitrogen and oxygen atoms in total. The summed E-state index contributed by atoms with van der Waals surface area (Å²) in [4.78, 5) is 38.6. The van der Waals surface area contributed by atoms with Crippen LogP contribution in [0.15, 0.2) is 33.9 Å². The average molecular weight is 402 g/mol. The number of halogens is 1. The molecule has 1 heterocycles. The van der Waals surface area contributed by atoms with E-state index in [2.05, 4.69) is 5.32 Å². The predicted octanol–water partition coefficient (Wildman–Crippen LogP) is 2.68. The highest BCUT2D eigenvalue weighted by molar-refractivity contribution is 5.98. The average Bonchev–Trinajstić information content (AvgIpc) is 3.52. The number of carbonyl (C=O) groups excluding carboxylic acids is 1. The third-order valence-corrected chi connectivity index (χ3v) is 5.22. The van der Waals surface area contributed by atoms with Gasteiger partial charge in [0.25, 0.3) is 5.56 Å². The zero-order chi connectivity index (χ0) is 21.1. The summed E-state index contributed by atoms with van der Waals surface area (Å²) in [6.07, 6.45) is 3.03. The molecule has 0 unspecified atom stereocenters. The van der Waals surface area contributed by atoms with Crippen LogP contribution in [-0.2, 0) is 17.9 Å². The van der Waals surface area contributed by atoms with E-state index in [1.54, 1.807) is 12.1 Å². The standard InChI is InChI=1S/C21H27FN4O3/c1-3-11-25-18(23)17(20(28)26(12-4-2)21(25)29)24-19(27)16(13-5-6-13)14-7-9-15(22)10-8-14/h7-10,13,16H,3-6,11-12,23H2,1-2H3,(H,24,27)/t16-/m0/s1. The van der Waals surface area contributed by atoms with Gasteiger partial charge in [-0.3, -0.25) is 18.7 Å². The van der Waals surface area contributed by atoms with Gasteiger partial charge in [-0.25, -0.2) is 9.18 Å². The first-order chi connectivity index (χ1) is 13.9. The number of rotatable bonds is 8. The first-order valence-corrected chi connectivity index (χ1v) is 10.1. The lowest BCUT2D eigenvalue weighted by Gasteiger charge is -2.20. The van der Waals surface area contributed by atoms with Gasteiger partial charge in [0.1, 0.15) is 17.3 Å². The Bertz CT molecular complexity index is 1010. The van der Waals surface area contributed by atoms with E-state index in [0.29, 0.717) is 24.9 Å². The van der Waals surface area contributed by atoms with E-state index >= 15 is 0 Å². The molecule has 156 valence electrons. The van der Waals surface area contributed by atoms with E-state index in [1.807, 2.05) is 13.8 Å². The summed E-state index contributed by atoms with van der Waals surface area (Å²) in [5.74, 6) is -1.13. The van der Waals surface area contributed by atoms with Crippen molar-refractivity contribution < 1.29 is 9.18 Å². The summed E-state index contributed by atoms with van der Waals surface area (Å²) < 4.78 is 15.7. The van der Waals surface area contributed by atoms with Crippen LogP contribution in [-0.4, -0.2) is 15.0 Å².